The number of benzene rings is 1. The van der Waals surface area contributed by atoms with Gasteiger partial charge < -0.3 is 14.0 Å². The van der Waals surface area contributed by atoms with Gasteiger partial charge in [-0.15, -0.1) is 0 Å². The summed E-state index contributed by atoms with van der Waals surface area (Å²) in [5.41, 5.74) is 1.86. The van der Waals surface area contributed by atoms with Crippen molar-refractivity contribution in [2.75, 3.05) is 13.1 Å². The van der Waals surface area contributed by atoms with Gasteiger partial charge >= 0.3 is 0 Å². The number of amides is 1. The highest BCUT2D eigenvalue weighted by atomic mass is 16.2. The average Bonchev–Trinajstić information content (AvgIpc) is 3.35. The first-order chi connectivity index (χ1) is 12.3. The monoisotopic (exact) mass is 335 g/mol. The molecular weight excluding hydrogens is 314 g/mol. The molecule has 0 N–H and O–H groups in total. The van der Waals surface area contributed by atoms with Gasteiger partial charge in [-0.3, -0.25) is 4.79 Å². The maximum atomic E-state index is 13.0. The van der Waals surface area contributed by atoms with Crippen LogP contribution in [0.4, 0.5) is 0 Å². The minimum Gasteiger partial charge on any atom is -0.337 e. The molecule has 6 nitrogen and oxygen atoms in total. The number of carbonyl (C=O) groups excluding carboxylic acids is 1. The summed E-state index contributed by atoms with van der Waals surface area (Å²) < 4.78 is 4.11. The second-order valence-corrected chi connectivity index (χ2v) is 6.49. The Morgan fingerprint density at radius 3 is 2.84 bits per heavy atom. The average molecular weight is 335 g/mol. The summed E-state index contributed by atoms with van der Waals surface area (Å²) in [6.45, 7) is 2.27. The fourth-order valence-corrected chi connectivity index (χ4v) is 3.44. The quantitative estimate of drug-likeness (QED) is 0.736. The van der Waals surface area contributed by atoms with E-state index in [0.29, 0.717) is 6.04 Å². The van der Waals surface area contributed by atoms with Crippen LogP contribution >= 0.6 is 0 Å². The molecule has 1 unspecified atom stereocenters. The van der Waals surface area contributed by atoms with E-state index < -0.39 is 0 Å². The van der Waals surface area contributed by atoms with Crippen molar-refractivity contribution in [2.24, 2.45) is 0 Å². The first-order valence-electron chi connectivity index (χ1n) is 8.61. The van der Waals surface area contributed by atoms with Crippen LogP contribution in [0.1, 0.15) is 34.8 Å². The first kappa shape index (κ1) is 15.6. The van der Waals surface area contributed by atoms with E-state index in [4.69, 9.17) is 0 Å². The smallest absolute Gasteiger partial charge is 0.253 e. The summed E-state index contributed by atoms with van der Waals surface area (Å²) in [5.74, 6) is 0.109. The topological polar surface area (TPSA) is 56.0 Å². The van der Waals surface area contributed by atoms with Gasteiger partial charge in [0, 0.05) is 50.0 Å². The van der Waals surface area contributed by atoms with E-state index in [1.807, 2.05) is 52.5 Å². The van der Waals surface area contributed by atoms with E-state index in [1.54, 1.807) is 18.7 Å². The van der Waals surface area contributed by atoms with E-state index in [9.17, 15) is 4.79 Å². The molecule has 2 aromatic heterocycles. The van der Waals surface area contributed by atoms with Crippen LogP contribution < -0.4 is 0 Å². The Morgan fingerprint density at radius 2 is 2.04 bits per heavy atom. The number of nitrogens with zero attached hydrogens (tertiary/aromatic N) is 5. The lowest BCUT2D eigenvalue weighted by Crippen LogP contribution is -2.40. The zero-order valence-corrected chi connectivity index (χ0v) is 14.0. The van der Waals surface area contributed by atoms with Crippen LogP contribution in [0.2, 0.25) is 0 Å². The van der Waals surface area contributed by atoms with Crippen LogP contribution in [-0.2, 0) is 6.54 Å². The van der Waals surface area contributed by atoms with Gasteiger partial charge in [-0.1, -0.05) is 12.1 Å². The summed E-state index contributed by atoms with van der Waals surface area (Å²) in [6.07, 6.45) is 13.2. The van der Waals surface area contributed by atoms with Gasteiger partial charge in [-0.25, -0.2) is 9.97 Å². The van der Waals surface area contributed by atoms with Crippen molar-refractivity contribution in [3.8, 4) is 0 Å². The lowest BCUT2D eigenvalue weighted by Gasteiger charge is -2.33. The molecule has 6 heteroatoms. The third kappa shape index (κ3) is 3.47. The lowest BCUT2D eigenvalue weighted by atomic mass is 10.0. The minimum absolute atomic E-state index is 0.109. The van der Waals surface area contributed by atoms with Gasteiger partial charge in [0.2, 0.25) is 0 Å². The van der Waals surface area contributed by atoms with Crippen LogP contribution in [0.5, 0.6) is 0 Å². The zero-order valence-electron chi connectivity index (χ0n) is 14.0. The Balaban J connectivity index is 1.48. The van der Waals surface area contributed by atoms with Gasteiger partial charge in [0.15, 0.2) is 0 Å². The highest BCUT2D eigenvalue weighted by molar-refractivity contribution is 5.94. The molecule has 1 amide bonds. The third-order valence-electron chi connectivity index (χ3n) is 4.73. The van der Waals surface area contributed by atoms with Crippen LogP contribution in [0.25, 0.3) is 0 Å². The van der Waals surface area contributed by atoms with Gasteiger partial charge in [-0.05, 0) is 30.5 Å². The molecular formula is C19H21N5O. The maximum absolute atomic E-state index is 13.0. The molecule has 1 fully saturated rings. The number of hydrogen-bond donors (Lipinski definition) is 0. The van der Waals surface area contributed by atoms with Gasteiger partial charge in [0.05, 0.1) is 18.7 Å². The minimum atomic E-state index is 0.109. The van der Waals surface area contributed by atoms with Gasteiger partial charge in [-0.2, -0.15) is 0 Å². The highest BCUT2D eigenvalue weighted by Crippen LogP contribution is 2.23. The summed E-state index contributed by atoms with van der Waals surface area (Å²) >= 11 is 0. The van der Waals surface area contributed by atoms with E-state index in [1.165, 1.54) is 0 Å². The summed E-state index contributed by atoms with van der Waals surface area (Å²) in [7, 11) is 0. The predicted molar refractivity (Wildman–Crippen MR) is 94.2 cm³/mol. The van der Waals surface area contributed by atoms with E-state index in [2.05, 4.69) is 14.5 Å². The summed E-state index contributed by atoms with van der Waals surface area (Å²) in [5, 5.41) is 0. The second-order valence-electron chi connectivity index (χ2n) is 6.49. The Bertz CT molecular complexity index is 825. The van der Waals surface area contributed by atoms with Crippen molar-refractivity contribution in [2.45, 2.75) is 25.4 Å². The highest BCUT2D eigenvalue weighted by Gasteiger charge is 2.25. The molecule has 25 heavy (non-hydrogen) atoms. The Hall–Kier alpha value is -2.89. The second kappa shape index (κ2) is 6.93. The zero-order chi connectivity index (χ0) is 17.1. The fraction of sp³-hybridized carbons (Fsp3) is 0.316. The molecule has 4 rings (SSSR count). The Labute approximate surface area is 146 Å². The van der Waals surface area contributed by atoms with Gasteiger partial charge in [0.1, 0.15) is 0 Å². The van der Waals surface area contributed by atoms with Crippen molar-refractivity contribution in [3.05, 3.63) is 72.8 Å². The number of piperidine rings is 1. The number of carbonyl (C=O) groups is 1. The van der Waals surface area contributed by atoms with Crippen LogP contribution in [0, 0.1) is 0 Å². The molecule has 1 saturated heterocycles. The number of aromatic nitrogens is 4. The maximum Gasteiger partial charge on any atom is 0.253 e. The molecule has 1 aliphatic rings. The molecule has 0 spiro atoms. The standard InChI is InChI=1S/C19H21N5O/c25-19(23-8-2-5-18(13-23)24-10-7-21-15-24)17-4-1-3-16(11-17)12-22-9-6-20-14-22/h1,3-4,6-7,9-11,14-15,18H,2,5,8,12-13H2. The van der Waals surface area contributed by atoms with E-state index in [0.717, 1.165) is 43.6 Å². The van der Waals surface area contributed by atoms with Crippen molar-refractivity contribution in [3.63, 3.8) is 0 Å². The molecule has 1 aromatic carbocycles. The lowest BCUT2D eigenvalue weighted by molar-refractivity contribution is 0.0679. The third-order valence-corrected chi connectivity index (χ3v) is 4.73. The molecule has 3 heterocycles. The molecule has 0 radical (unpaired) electrons. The first-order valence-corrected chi connectivity index (χ1v) is 8.61. The molecule has 1 atom stereocenters. The Kier molecular flexibility index (Phi) is 4.33. The summed E-state index contributed by atoms with van der Waals surface area (Å²) in [6, 6.07) is 8.20. The van der Waals surface area contributed by atoms with Crippen LogP contribution in [0.15, 0.2) is 61.7 Å². The molecule has 0 bridgehead atoms. The van der Waals surface area contributed by atoms with Crippen molar-refractivity contribution in [1.29, 1.82) is 0 Å². The summed E-state index contributed by atoms with van der Waals surface area (Å²) in [4.78, 5) is 23.1. The molecule has 0 aliphatic carbocycles. The number of hydrogen-bond acceptors (Lipinski definition) is 3. The molecule has 128 valence electrons. The molecule has 0 saturated carbocycles. The van der Waals surface area contributed by atoms with E-state index in [-0.39, 0.29) is 5.91 Å². The predicted octanol–water partition coefficient (Wildman–Crippen LogP) is 2.61. The number of rotatable bonds is 4. The largest absolute Gasteiger partial charge is 0.337 e. The molecule has 3 aromatic rings. The van der Waals surface area contributed by atoms with Gasteiger partial charge in [0.25, 0.3) is 5.91 Å². The van der Waals surface area contributed by atoms with Crippen LogP contribution in [0.3, 0.4) is 0 Å². The van der Waals surface area contributed by atoms with E-state index >= 15 is 0 Å². The number of imidazole rings is 2. The normalized spacial score (nSPS) is 17.6. The van der Waals surface area contributed by atoms with Crippen LogP contribution in [-0.4, -0.2) is 43.0 Å². The van der Waals surface area contributed by atoms with Crippen molar-refractivity contribution in [1.82, 2.24) is 24.0 Å². The SMILES string of the molecule is O=C(c1cccc(Cn2ccnc2)c1)N1CCCC(n2ccnc2)C1. The van der Waals surface area contributed by atoms with Crippen molar-refractivity contribution < 1.29 is 4.79 Å². The van der Waals surface area contributed by atoms with Crippen molar-refractivity contribution >= 4 is 5.91 Å². The molecule has 1 aliphatic heterocycles. The number of likely N-dealkylation sites (tertiary alicyclic amines) is 1. The Morgan fingerprint density at radius 1 is 1.16 bits per heavy atom. The fourth-order valence-electron chi connectivity index (χ4n) is 3.44.